The number of carbonyl (C=O) groups is 2. The molecular formula is C12H18N2O3S. The van der Waals surface area contributed by atoms with Crippen LogP contribution in [0.3, 0.4) is 0 Å². The summed E-state index contributed by atoms with van der Waals surface area (Å²) in [5.41, 5.74) is 0. The van der Waals surface area contributed by atoms with Crippen LogP contribution in [-0.4, -0.2) is 45.2 Å². The molecule has 0 aromatic rings. The maximum absolute atomic E-state index is 12.2. The summed E-state index contributed by atoms with van der Waals surface area (Å²) in [6.07, 6.45) is 3.80. The minimum absolute atomic E-state index is 0.0168. The summed E-state index contributed by atoms with van der Waals surface area (Å²) < 4.78 is 0. The highest BCUT2D eigenvalue weighted by molar-refractivity contribution is 8.00. The van der Waals surface area contributed by atoms with E-state index in [9.17, 15) is 14.7 Å². The first-order chi connectivity index (χ1) is 8.54. The van der Waals surface area contributed by atoms with Gasteiger partial charge in [-0.3, -0.25) is 4.90 Å². The van der Waals surface area contributed by atoms with E-state index in [0.717, 1.165) is 12.8 Å². The first kappa shape index (κ1) is 13.3. The molecule has 1 saturated carbocycles. The van der Waals surface area contributed by atoms with Crippen molar-refractivity contribution in [3.63, 3.8) is 0 Å². The van der Waals surface area contributed by atoms with E-state index in [1.54, 1.807) is 17.8 Å². The monoisotopic (exact) mass is 270 g/mol. The maximum atomic E-state index is 12.2. The number of urea groups is 1. The fourth-order valence-electron chi connectivity index (χ4n) is 2.05. The molecular weight excluding hydrogens is 252 g/mol. The van der Waals surface area contributed by atoms with E-state index in [1.807, 2.05) is 6.92 Å². The van der Waals surface area contributed by atoms with E-state index in [1.165, 1.54) is 4.90 Å². The Morgan fingerprint density at radius 2 is 2.22 bits per heavy atom. The van der Waals surface area contributed by atoms with Gasteiger partial charge in [-0.05, 0) is 25.7 Å². The molecule has 0 aromatic carbocycles. The van der Waals surface area contributed by atoms with E-state index < -0.39 is 12.0 Å². The lowest BCUT2D eigenvalue weighted by Crippen LogP contribution is -2.52. The van der Waals surface area contributed by atoms with Gasteiger partial charge in [0, 0.05) is 11.8 Å². The summed E-state index contributed by atoms with van der Waals surface area (Å²) in [4.78, 5) is 24.9. The van der Waals surface area contributed by atoms with E-state index in [4.69, 9.17) is 0 Å². The molecule has 1 aliphatic heterocycles. The quantitative estimate of drug-likeness (QED) is 0.760. The van der Waals surface area contributed by atoms with E-state index in [0.29, 0.717) is 11.7 Å². The van der Waals surface area contributed by atoms with Gasteiger partial charge in [0.1, 0.15) is 6.04 Å². The average Bonchev–Trinajstić information content (AvgIpc) is 3.06. The van der Waals surface area contributed by atoms with Gasteiger partial charge < -0.3 is 10.4 Å². The number of aliphatic carboxylic acids is 1. The number of carboxylic acid groups (broad SMARTS) is 1. The number of carbonyl (C=O) groups excluding carboxylic acids is 1. The molecule has 0 spiro atoms. The Morgan fingerprint density at radius 1 is 1.56 bits per heavy atom. The molecule has 1 saturated heterocycles. The summed E-state index contributed by atoms with van der Waals surface area (Å²) >= 11 is 1.58. The Balaban J connectivity index is 2.09. The zero-order valence-corrected chi connectivity index (χ0v) is 11.2. The standard InChI is InChI=1S/C12H18N2O3S/c1-3-7(2)13-12(17)14-9(11(15)16)6-18-10(14)8-4-5-8/h3,7-10H,1,4-6H2,2H3,(H,13,17)(H,15,16). The van der Waals surface area contributed by atoms with E-state index in [-0.39, 0.29) is 17.4 Å². The molecule has 1 aliphatic carbocycles. The summed E-state index contributed by atoms with van der Waals surface area (Å²) in [5, 5.41) is 12.0. The Labute approximate surface area is 111 Å². The Hall–Kier alpha value is -1.17. The number of rotatable bonds is 4. The first-order valence-electron chi connectivity index (χ1n) is 6.10. The summed E-state index contributed by atoms with van der Waals surface area (Å²) in [5.74, 6) is 0.0167. The van der Waals surface area contributed by atoms with Crippen molar-refractivity contribution < 1.29 is 14.7 Å². The number of nitrogens with one attached hydrogen (secondary N) is 1. The molecule has 3 atom stereocenters. The van der Waals surface area contributed by atoms with Gasteiger partial charge in [0.25, 0.3) is 0 Å². The van der Waals surface area contributed by atoms with Crippen LogP contribution in [0.2, 0.25) is 0 Å². The number of amides is 2. The number of nitrogens with zero attached hydrogens (tertiary/aromatic N) is 1. The largest absolute Gasteiger partial charge is 0.480 e. The van der Waals surface area contributed by atoms with Crippen molar-refractivity contribution >= 4 is 23.8 Å². The van der Waals surface area contributed by atoms with Gasteiger partial charge >= 0.3 is 12.0 Å². The molecule has 0 bridgehead atoms. The highest BCUT2D eigenvalue weighted by atomic mass is 32.2. The number of hydrogen-bond acceptors (Lipinski definition) is 3. The van der Waals surface area contributed by atoms with Crippen LogP contribution >= 0.6 is 11.8 Å². The zero-order valence-electron chi connectivity index (χ0n) is 10.3. The van der Waals surface area contributed by atoms with Crippen molar-refractivity contribution in [2.75, 3.05) is 5.75 Å². The Bertz CT molecular complexity index is 370. The second-order valence-corrected chi connectivity index (χ2v) is 5.95. The molecule has 2 aliphatic rings. The third-order valence-electron chi connectivity index (χ3n) is 3.28. The van der Waals surface area contributed by atoms with Crippen molar-refractivity contribution in [2.24, 2.45) is 5.92 Å². The van der Waals surface area contributed by atoms with Gasteiger partial charge in [-0.1, -0.05) is 6.08 Å². The molecule has 1 heterocycles. The summed E-state index contributed by atoms with van der Waals surface area (Å²) in [6.45, 7) is 5.42. The average molecular weight is 270 g/mol. The van der Waals surface area contributed by atoms with Gasteiger partial charge in [-0.15, -0.1) is 18.3 Å². The van der Waals surface area contributed by atoms with Crippen LogP contribution < -0.4 is 5.32 Å². The molecule has 2 N–H and O–H groups in total. The molecule has 5 nitrogen and oxygen atoms in total. The SMILES string of the molecule is C=CC(C)NC(=O)N1C(C(=O)O)CSC1C1CC1. The summed E-state index contributed by atoms with van der Waals surface area (Å²) in [6, 6.07) is -1.16. The number of hydrogen-bond donors (Lipinski definition) is 2. The maximum Gasteiger partial charge on any atom is 0.327 e. The second-order valence-electron chi connectivity index (χ2n) is 4.80. The second kappa shape index (κ2) is 5.22. The lowest BCUT2D eigenvalue weighted by Gasteiger charge is -2.28. The molecule has 6 heteroatoms. The molecule has 2 rings (SSSR count). The Morgan fingerprint density at radius 3 is 2.72 bits per heavy atom. The van der Waals surface area contributed by atoms with Crippen LogP contribution in [-0.2, 0) is 4.79 Å². The van der Waals surface area contributed by atoms with Gasteiger partial charge in [0.15, 0.2) is 0 Å². The van der Waals surface area contributed by atoms with Crippen LogP contribution in [0.15, 0.2) is 12.7 Å². The number of thioether (sulfide) groups is 1. The molecule has 3 unspecified atom stereocenters. The first-order valence-corrected chi connectivity index (χ1v) is 7.15. The molecule has 0 radical (unpaired) electrons. The normalized spacial score (nSPS) is 28.8. The van der Waals surface area contributed by atoms with Crippen LogP contribution in [0.5, 0.6) is 0 Å². The van der Waals surface area contributed by atoms with Gasteiger partial charge in [0.2, 0.25) is 0 Å². The minimum Gasteiger partial charge on any atom is -0.480 e. The highest BCUT2D eigenvalue weighted by Crippen LogP contribution is 2.45. The lowest BCUT2D eigenvalue weighted by molar-refractivity contribution is -0.141. The predicted molar refractivity (Wildman–Crippen MR) is 70.4 cm³/mol. The summed E-state index contributed by atoms with van der Waals surface area (Å²) in [7, 11) is 0. The lowest BCUT2D eigenvalue weighted by atomic mass is 10.2. The third kappa shape index (κ3) is 2.63. The van der Waals surface area contributed by atoms with Gasteiger partial charge in [0.05, 0.1) is 5.37 Å². The topological polar surface area (TPSA) is 69.6 Å². The van der Waals surface area contributed by atoms with Gasteiger partial charge in [-0.25, -0.2) is 9.59 Å². The fraction of sp³-hybridized carbons (Fsp3) is 0.667. The molecule has 2 fully saturated rings. The highest BCUT2D eigenvalue weighted by Gasteiger charge is 2.48. The van der Waals surface area contributed by atoms with Crippen molar-refractivity contribution in [1.29, 1.82) is 0 Å². The predicted octanol–water partition coefficient (Wildman–Crippen LogP) is 1.51. The molecule has 18 heavy (non-hydrogen) atoms. The number of carboxylic acids is 1. The minimum atomic E-state index is -0.924. The van der Waals surface area contributed by atoms with Crippen LogP contribution in [0.4, 0.5) is 4.79 Å². The van der Waals surface area contributed by atoms with Crippen molar-refractivity contribution in [1.82, 2.24) is 10.2 Å². The molecule has 0 aromatic heterocycles. The van der Waals surface area contributed by atoms with Crippen LogP contribution in [0, 0.1) is 5.92 Å². The molecule has 100 valence electrons. The fourth-order valence-corrected chi connectivity index (χ4v) is 3.68. The van der Waals surface area contributed by atoms with Crippen molar-refractivity contribution in [2.45, 2.75) is 37.2 Å². The van der Waals surface area contributed by atoms with Gasteiger partial charge in [-0.2, -0.15) is 0 Å². The van der Waals surface area contributed by atoms with E-state index in [2.05, 4.69) is 11.9 Å². The van der Waals surface area contributed by atoms with Crippen molar-refractivity contribution in [3.8, 4) is 0 Å². The molecule has 2 amide bonds. The van der Waals surface area contributed by atoms with Crippen LogP contribution in [0.25, 0.3) is 0 Å². The third-order valence-corrected chi connectivity index (χ3v) is 4.75. The van der Waals surface area contributed by atoms with Crippen molar-refractivity contribution in [3.05, 3.63) is 12.7 Å². The Kier molecular flexibility index (Phi) is 3.85. The van der Waals surface area contributed by atoms with E-state index >= 15 is 0 Å². The zero-order chi connectivity index (χ0) is 13.3. The smallest absolute Gasteiger partial charge is 0.327 e. The van der Waals surface area contributed by atoms with Crippen LogP contribution in [0.1, 0.15) is 19.8 Å².